The molecule has 134 valence electrons. The monoisotopic (exact) mass is 371 g/mol. The molecule has 1 amide bonds. The predicted octanol–water partition coefficient (Wildman–Crippen LogP) is 3.54. The van der Waals surface area contributed by atoms with Crippen LogP contribution < -0.4 is 5.32 Å². The van der Waals surface area contributed by atoms with Crippen LogP contribution in [0.15, 0.2) is 47.8 Å². The van der Waals surface area contributed by atoms with Gasteiger partial charge in [0.05, 0.1) is 5.75 Å². The van der Waals surface area contributed by atoms with Crippen molar-refractivity contribution in [3.63, 3.8) is 0 Å². The van der Waals surface area contributed by atoms with Gasteiger partial charge in [0.2, 0.25) is 11.9 Å². The van der Waals surface area contributed by atoms with Crippen molar-refractivity contribution < 1.29 is 9.18 Å². The second-order valence-electron chi connectivity index (χ2n) is 5.53. The van der Waals surface area contributed by atoms with Crippen LogP contribution >= 0.6 is 11.8 Å². The van der Waals surface area contributed by atoms with Gasteiger partial charge in [0.1, 0.15) is 0 Å². The summed E-state index contributed by atoms with van der Waals surface area (Å²) < 4.78 is 15.6. The first kappa shape index (κ1) is 18.1. The van der Waals surface area contributed by atoms with Gasteiger partial charge in [0.25, 0.3) is 0 Å². The molecule has 3 rings (SSSR count). The number of amides is 1. The second-order valence-corrected chi connectivity index (χ2v) is 6.47. The first-order valence-corrected chi connectivity index (χ1v) is 9.11. The Balaban J connectivity index is 1.74. The lowest BCUT2D eigenvalue weighted by atomic mass is 10.1. The SMILES string of the molecule is CCn1c(SCC(=O)Nc2ccccc2)nnc1-c1ccnc(F)c1C. The molecular formula is C18H18FN5OS. The number of aromatic nitrogens is 4. The van der Waals surface area contributed by atoms with Gasteiger partial charge in [0, 0.05) is 29.6 Å². The van der Waals surface area contributed by atoms with Crippen molar-refractivity contribution in [1.29, 1.82) is 0 Å². The summed E-state index contributed by atoms with van der Waals surface area (Å²) in [7, 11) is 0. The zero-order valence-electron chi connectivity index (χ0n) is 14.4. The van der Waals surface area contributed by atoms with Crippen LogP contribution in [0.2, 0.25) is 0 Å². The second kappa shape index (κ2) is 8.09. The average molecular weight is 371 g/mol. The summed E-state index contributed by atoms with van der Waals surface area (Å²) in [5, 5.41) is 11.8. The van der Waals surface area contributed by atoms with Crippen LogP contribution in [0, 0.1) is 12.9 Å². The van der Waals surface area contributed by atoms with E-state index in [0.717, 1.165) is 5.69 Å². The third-order valence-corrected chi connectivity index (χ3v) is 4.77. The number of hydrogen-bond donors (Lipinski definition) is 1. The molecule has 0 saturated heterocycles. The number of para-hydroxylation sites is 1. The third-order valence-electron chi connectivity index (χ3n) is 3.81. The van der Waals surface area contributed by atoms with Gasteiger partial charge in [-0.1, -0.05) is 30.0 Å². The van der Waals surface area contributed by atoms with Crippen molar-refractivity contribution in [1.82, 2.24) is 19.7 Å². The van der Waals surface area contributed by atoms with Crippen LogP contribution in [0.5, 0.6) is 0 Å². The molecule has 0 bridgehead atoms. The Morgan fingerprint density at radius 3 is 2.73 bits per heavy atom. The Hall–Kier alpha value is -2.74. The highest BCUT2D eigenvalue weighted by Gasteiger charge is 2.17. The molecule has 0 fully saturated rings. The Kier molecular flexibility index (Phi) is 5.62. The van der Waals surface area contributed by atoms with Crippen molar-refractivity contribution in [3.05, 3.63) is 54.1 Å². The molecule has 2 heterocycles. The first-order chi connectivity index (χ1) is 12.6. The fourth-order valence-electron chi connectivity index (χ4n) is 2.48. The van der Waals surface area contributed by atoms with Crippen LogP contribution in [0.4, 0.5) is 10.1 Å². The standard InChI is InChI=1S/C18H18FN5OS/c1-3-24-17(14-9-10-20-16(19)12(14)2)22-23-18(24)26-11-15(25)21-13-7-5-4-6-8-13/h4-10H,3,11H2,1-2H3,(H,21,25). The molecule has 0 aliphatic carbocycles. The number of nitrogens with zero attached hydrogens (tertiary/aromatic N) is 4. The number of anilines is 1. The maximum Gasteiger partial charge on any atom is 0.234 e. The zero-order chi connectivity index (χ0) is 18.5. The molecule has 26 heavy (non-hydrogen) atoms. The Bertz CT molecular complexity index is 913. The lowest BCUT2D eigenvalue weighted by Crippen LogP contribution is -2.14. The highest BCUT2D eigenvalue weighted by atomic mass is 32.2. The number of hydrogen-bond acceptors (Lipinski definition) is 5. The van der Waals surface area contributed by atoms with Crippen LogP contribution in [-0.4, -0.2) is 31.4 Å². The molecule has 6 nitrogen and oxygen atoms in total. The smallest absolute Gasteiger partial charge is 0.234 e. The molecule has 1 N–H and O–H groups in total. The van der Waals surface area contributed by atoms with E-state index in [4.69, 9.17) is 0 Å². The predicted molar refractivity (Wildman–Crippen MR) is 99.4 cm³/mol. The maximum atomic E-state index is 13.7. The molecule has 0 atom stereocenters. The summed E-state index contributed by atoms with van der Waals surface area (Å²) in [6.45, 7) is 4.22. The van der Waals surface area contributed by atoms with E-state index >= 15 is 0 Å². The molecule has 0 spiro atoms. The summed E-state index contributed by atoms with van der Waals surface area (Å²) in [6.07, 6.45) is 1.41. The summed E-state index contributed by atoms with van der Waals surface area (Å²) in [6, 6.07) is 11.0. The molecule has 0 aliphatic rings. The van der Waals surface area contributed by atoms with Crippen molar-refractivity contribution in [2.75, 3.05) is 11.1 Å². The third kappa shape index (κ3) is 3.91. The van der Waals surface area contributed by atoms with E-state index in [9.17, 15) is 9.18 Å². The lowest BCUT2D eigenvalue weighted by molar-refractivity contribution is -0.113. The minimum atomic E-state index is -0.524. The summed E-state index contributed by atoms with van der Waals surface area (Å²) in [5.41, 5.74) is 1.82. The van der Waals surface area contributed by atoms with Gasteiger partial charge in [-0.05, 0) is 32.0 Å². The fraction of sp³-hybridized carbons (Fsp3) is 0.222. The molecule has 0 unspecified atom stereocenters. The molecular weight excluding hydrogens is 353 g/mol. The van der Waals surface area contributed by atoms with Crippen LogP contribution in [0.3, 0.4) is 0 Å². The largest absolute Gasteiger partial charge is 0.325 e. The highest BCUT2D eigenvalue weighted by molar-refractivity contribution is 7.99. The Morgan fingerprint density at radius 1 is 1.23 bits per heavy atom. The minimum Gasteiger partial charge on any atom is -0.325 e. The number of nitrogens with one attached hydrogen (secondary N) is 1. The normalized spacial score (nSPS) is 10.7. The van der Waals surface area contributed by atoms with E-state index in [-0.39, 0.29) is 11.7 Å². The van der Waals surface area contributed by atoms with E-state index in [2.05, 4.69) is 20.5 Å². The van der Waals surface area contributed by atoms with E-state index in [0.29, 0.717) is 28.7 Å². The molecule has 1 aromatic carbocycles. The molecule has 2 aromatic heterocycles. The number of carbonyl (C=O) groups excluding carboxylic acids is 1. The summed E-state index contributed by atoms with van der Waals surface area (Å²) >= 11 is 1.29. The Morgan fingerprint density at radius 2 is 2.00 bits per heavy atom. The number of rotatable bonds is 6. The van der Waals surface area contributed by atoms with Crippen molar-refractivity contribution in [2.45, 2.75) is 25.5 Å². The van der Waals surface area contributed by atoms with Crippen molar-refractivity contribution >= 4 is 23.4 Å². The van der Waals surface area contributed by atoms with Crippen molar-refractivity contribution in [3.8, 4) is 11.4 Å². The van der Waals surface area contributed by atoms with Gasteiger partial charge in [-0.25, -0.2) is 4.98 Å². The number of carbonyl (C=O) groups is 1. The molecule has 3 aromatic rings. The fourth-order valence-corrected chi connectivity index (χ4v) is 3.28. The number of halogens is 1. The molecule has 0 saturated carbocycles. The quantitative estimate of drug-likeness (QED) is 0.530. The van der Waals surface area contributed by atoms with E-state index in [1.165, 1.54) is 18.0 Å². The van der Waals surface area contributed by atoms with Gasteiger partial charge in [-0.2, -0.15) is 4.39 Å². The highest BCUT2D eigenvalue weighted by Crippen LogP contribution is 2.26. The van der Waals surface area contributed by atoms with Gasteiger partial charge in [0.15, 0.2) is 11.0 Å². The molecule has 0 radical (unpaired) electrons. The van der Waals surface area contributed by atoms with Crippen molar-refractivity contribution in [2.24, 2.45) is 0 Å². The number of pyridine rings is 1. The average Bonchev–Trinajstić information content (AvgIpc) is 3.06. The Labute approximate surface area is 154 Å². The number of thioether (sulfide) groups is 1. The lowest BCUT2D eigenvalue weighted by Gasteiger charge is -2.09. The van der Waals surface area contributed by atoms with E-state index < -0.39 is 5.95 Å². The topological polar surface area (TPSA) is 72.7 Å². The van der Waals surface area contributed by atoms with Gasteiger partial charge in [-0.15, -0.1) is 10.2 Å². The maximum absolute atomic E-state index is 13.7. The minimum absolute atomic E-state index is 0.125. The first-order valence-electron chi connectivity index (χ1n) is 8.12. The van der Waals surface area contributed by atoms with E-state index in [1.807, 2.05) is 41.8 Å². The van der Waals surface area contributed by atoms with Gasteiger partial charge >= 0.3 is 0 Å². The van der Waals surface area contributed by atoms with Crippen LogP contribution in [0.1, 0.15) is 12.5 Å². The summed E-state index contributed by atoms with van der Waals surface area (Å²) in [4.78, 5) is 15.8. The molecule has 8 heteroatoms. The van der Waals surface area contributed by atoms with E-state index in [1.54, 1.807) is 13.0 Å². The molecule has 0 aliphatic heterocycles. The zero-order valence-corrected chi connectivity index (χ0v) is 15.3. The van der Waals surface area contributed by atoms with Gasteiger partial charge in [-0.3, -0.25) is 4.79 Å². The van der Waals surface area contributed by atoms with Gasteiger partial charge < -0.3 is 9.88 Å². The summed E-state index contributed by atoms with van der Waals surface area (Å²) in [5.74, 6) is 0.123. The van der Waals surface area contributed by atoms with Crippen LogP contribution in [-0.2, 0) is 11.3 Å². The number of benzene rings is 1. The van der Waals surface area contributed by atoms with Crippen LogP contribution in [0.25, 0.3) is 11.4 Å².